The van der Waals surface area contributed by atoms with Gasteiger partial charge < -0.3 is 19.2 Å². The van der Waals surface area contributed by atoms with E-state index in [2.05, 4.69) is 33.1 Å². The van der Waals surface area contributed by atoms with Gasteiger partial charge in [-0.2, -0.15) is 0 Å². The van der Waals surface area contributed by atoms with Crippen LogP contribution in [0, 0.1) is 0 Å². The minimum Gasteiger partial charge on any atom is -0.451 e. The third-order valence-electron chi connectivity index (χ3n) is 4.91. The molecule has 7 heteroatoms. The number of ether oxygens (including phenoxy) is 2. The molecular weight excluding hydrogens is 320 g/mol. The van der Waals surface area contributed by atoms with Crippen molar-refractivity contribution >= 4 is 5.84 Å². The monoisotopic (exact) mass is 342 g/mol. The molecule has 5 heterocycles. The molecule has 4 aliphatic heterocycles. The van der Waals surface area contributed by atoms with E-state index in [-0.39, 0.29) is 6.79 Å². The minimum absolute atomic E-state index is 0.254. The number of hydrogen-bond acceptors (Lipinski definition) is 6. The van der Waals surface area contributed by atoms with E-state index in [4.69, 9.17) is 14.3 Å². The summed E-state index contributed by atoms with van der Waals surface area (Å²) < 4.78 is 10.9. The van der Waals surface area contributed by atoms with Gasteiger partial charge >= 0.3 is 0 Å². The van der Waals surface area contributed by atoms with Gasteiger partial charge in [-0.05, 0) is 18.6 Å². The van der Waals surface area contributed by atoms with Gasteiger partial charge in [-0.1, -0.05) is 24.4 Å². The van der Waals surface area contributed by atoms with Crippen LogP contribution < -0.4 is 9.47 Å². The molecule has 0 amide bonds. The molecular formula is C18H22N4O3. The van der Waals surface area contributed by atoms with Crippen LogP contribution in [-0.4, -0.2) is 59.2 Å². The van der Waals surface area contributed by atoms with Gasteiger partial charge in [0.15, 0.2) is 11.6 Å². The lowest BCUT2D eigenvalue weighted by molar-refractivity contribution is -0.0549. The first-order chi connectivity index (χ1) is 12.3. The average Bonchev–Trinajstić information content (AvgIpc) is 3.13. The zero-order valence-electron chi connectivity index (χ0n) is 14.1. The normalized spacial score (nSPS) is 24.6. The van der Waals surface area contributed by atoms with Crippen LogP contribution in [0.1, 0.15) is 12.0 Å². The molecule has 3 fully saturated rings. The third kappa shape index (κ3) is 2.95. The van der Waals surface area contributed by atoms with Crippen LogP contribution in [0.4, 0.5) is 0 Å². The highest BCUT2D eigenvalue weighted by molar-refractivity contribution is 5.92. The van der Waals surface area contributed by atoms with Crippen molar-refractivity contribution in [1.82, 2.24) is 14.8 Å². The number of amidine groups is 1. The molecule has 2 atom stereocenters. The quantitative estimate of drug-likeness (QED) is 0.258. The number of fused-ring (bicyclic) bond motifs is 3. The molecule has 2 unspecified atom stereocenters. The lowest BCUT2D eigenvalue weighted by atomic mass is 9.86. The van der Waals surface area contributed by atoms with Crippen LogP contribution in [0.5, 0.6) is 11.6 Å². The van der Waals surface area contributed by atoms with Gasteiger partial charge in [0.1, 0.15) is 6.61 Å². The fraction of sp³-hybridized carbons (Fsp3) is 0.444. The molecule has 25 heavy (non-hydrogen) atoms. The summed E-state index contributed by atoms with van der Waals surface area (Å²) in [4.78, 5) is 14.2. The lowest BCUT2D eigenvalue weighted by Crippen LogP contribution is -2.68. The number of rotatable bonds is 6. The highest BCUT2D eigenvalue weighted by Crippen LogP contribution is 2.38. The van der Waals surface area contributed by atoms with E-state index in [1.807, 2.05) is 6.07 Å². The number of piperazine rings is 1. The van der Waals surface area contributed by atoms with Crippen LogP contribution in [0.15, 0.2) is 42.7 Å². The maximum absolute atomic E-state index is 5.57. The Morgan fingerprint density at radius 1 is 1.36 bits per heavy atom. The zero-order chi connectivity index (χ0) is 17.2. The number of hydrogen-bond donors (Lipinski definition) is 0. The molecule has 0 aliphatic carbocycles. The van der Waals surface area contributed by atoms with Gasteiger partial charge in [0.25, 0.3) is 5.88 Å². The highest BCUT2D eigenvalue weighted by atomic mass is 16.7. The summed E-state index contributed by atoms with van der Waals surface area (Å²) in [5, 5.41) is 4.16. The van der Waals surface area contributed by atoms with Crippen LogP contribution in [0.2, 0.25) is 0 Å². The number of aromatic nitrogens is 1. The second-order valence-corrected chi connectivity index (χ2v) is 6.37. The second-order valence-electron chi connectivity index (χ2n) is 6.37. The van der Waals surface area contributed by atoms with Crippen LogP contribution in [0.3, 0.4) is 0 Å². The predicted octanol–water partition coefficient (Wildman–Crippen LogP) is 1.77. The third-order valence-corrected chi connectivity index (χ3v) is 4.91. The summed E-state index contributed by atoms with van der Waals surface area (Å²) in [6, 6.07) is 3.00. The summed E-state index contributed by atoms with van der Waals surface area (Å²) in [5.41, 5.74) is 1.14. The molecule has 1 aromatic heterocycles. The van der Waals surface area contributed by atoms with E-state index in [0.29, 0.717) is 24.6 Å². The van der Waals surface area contributed by atoms with Crippen molar-refractivity contribution in [1.29, 1.82) is 0 Å². The van der Waals surface area contributed by atoms with Gasteiger partial charge in [-0.25, -0.2) is 4.98 Å². The van der Waals surface area contributed by atoms with Crippen molar-refractivity contribution in [3.63, 3.8) is 0 Å². The minimum atomic E-state index is 0.254. The van der Waals surface area contributed by atoms with Gasteiger partial charge in [0, 0.05) is 43.5 Å². The Balaban J connectivity index is 1.41. The van der Waals surface area contributed by atoms with Crippen LogP contribution >= 0.6 is 0 Å². The first-order valence-corrected chi connectivity index (χ1v) is 8.47. The van der Waals surface area contributed by atoms with Crippen molar-refractivity contribution < 1.29 is 14.3 Å². The Hall–Kier alpha value is -2.54. The molecule has 0 radical (unpaired) electrons. The summed E-state index contributed by atoms with van der Waals surface area (Å²) in [5.74, 6) is 2.18. The Morgan fingerprint density at radius 2 is 2.20 bits per heavy atom. The molecule has 5 rings (SSSR count). The molecule has 3 saturated heterocycles. The summed E-state index contributed by atoms with van der Waals surface area (Å²) >= 11 is 0. The van der Waals surface area contributed by atoms with E-state index < -0.39 is 0 Å². The highest BCUT2D eigenvalue weighted by Gasteiger charge is 2.45. The lowest BCUT2D eigenvalue weighted by Gasteiger charge is -2.56. The van der Waals surface area contributed by atoms with Crippen molar-refractivity contribution in [3.8, 4) is 11.6 Å². The van der Waals surface area contributed by atoms with E-state index in [1.165, 1.54) is 6.42 Å². The maximum atomic E-state index is 5.57. The fourth-order valence-corrected chi connectivity index (χ4v) is 3.70. The number of oxime groups is 1. The van der Waals surface area contributed by atoms with Crippen LogP contribution in [-0.2, 0) is 11.4 Å². The smallest absolute Gasteiger partial charge is 0.260 e. The molecule has 7 nitrogen and oxygen atoms in total. The summed E-state index contributed by atoms with van der Waals surface area (Å²) in [6.45, 7) is 10.8. The molecule has 2 bridgehead atoms. The van der Waals surface area contributed by atoms with Gasteiger partial charge in [0.05, 0.1) is 0 Å². The average molecular weight is 342 g/mol. The Morgan fingerprint density at radius 3 is 2.96 bits per heavy atom. The molecule has 132 valence electrons. The van der Waals surface area contributed by atoms with Crippen molar-refractivity contribution in [2.45, 2.75) is 25.0 Å². The maximum Gasteiger partial charge on any atom is 0.260 e. The predicted molar refractivity (Wildman–Crippen MR) is 93.5 cm³/mol. The first-order valence-electron chi connectivity index (χ1n) is 8.47. The zero-order valence-corrected chi connectivity index (χ0v) is 14.1. The molecule has 1 aromatic rings. The first kappa shape index (κ1) is 16.0. The van der Waals surface area contributed by atoms with Crippen molar-refractivity contribution in [3.05, 3.63) is 43.1 Å². The largest absolute Gasteiger partial charge is 0.451 e. The molecule has 0 spiro atoms. The van der Waals surface area contributed by atoms with Gasteiger partial charge in [0.2, 0.25) is 6.79 Å². The topological polar surface area (TPSA) is 59.4 Å². The van der Waals surface area contributed by atoms with E-state index in [1.54, 1.807) is 18.3 Å². The SMILES string of the molecule is C=CCO/N=C(\C=C)N1CC2CC(C1)N2Cc1ccnc2c1OCO2. The van der Waals surface area contributed by atoms with E-state index >= 15 is 0 Å². The Bertz CT molecular complexity index is 694. The Kier molecular flexibility index (Phi) is 4.31. The van der Waals surface area contributed by atoms with E-state index in [9.17, 15) is 0 Å². The molecule has 0 N–H and O–H groups in total. The van der Waals surface area contributed by atoms with E-state index in [0.717, 1.165) is 36.8 Å². The fourth-order valence-electron chi connectivity index (χ4n) is 3.70. The summed E-state index contributed by atoms with van der Waals surface area (Å²) in [6.07, 6.45) is 6.42. The second kappa shape index (κ2) is 6.76. The van der Waals surface area contributed by atoms with Crippen LogP contribution in [0.25, 0.3) is 0 Å². The number of piperidine rings is 1. The van der Waals surface area contributed by atoms with Crippen molar-refractivity contribution in [2.24, 2.45) is 5.16 Å². The van der Waals surface area contributed by atoms with Gasteiger partial charge in [-0.3, -0.25) is 4.90 Å². The summed E-state index contributed by atoms with van der Waals surface area (Å²) in [7, 11) is 0. The van der Waals surface area contributed by atoms with Gasteiger partial charge in [-0.15, -0.1) is 0 Å². The molecule has 0 saturated carbocycles. The molecule has 0 aromatic carbocycles. The number of pyridine rings is 1. The molecule has 4 aliphatic rings. The van der Waals surface area contributed by atoms with Crippen molar-refractivity contribution in [2.75, 3.05) is 26.5 Å². The Labute approximate surface area is 147 Å². The standard InChI is InChI=1S/C18H22N4O3/c1-3-7-25-20-16(4-2)21-10-14-8-15(11-21)22(14)9-13-5-6-19-18-17(13)23-12-24-18/h3-6,14-15H,1-2,7-12H2/b20-16+. The number of nitrogens with zero attached hydrogens (tertiary/aromatic N) is 4.